The highest BCUT2D eigenvalue weighted by atomic mass is 32.2. The molecule has 0 unspecified atom stereocenters. The Bertz CT molecular complexity index is 5050. The predicted molar refractivity (Wildman–Crippen MR) is 486 cm³/mol. The number of aliphatic carboxylic acids is 3. The van der Waals surface area contributed by atoms with Gasteiger partial charge in [-0.2, -0.15) is 0 Å². The van der Waals surface area contributed by atoms with E-state index in [4.69, 9.17) is 21.9 Å². The number of H-pyrrole nitrogens is 2. The van der Waals surface area contributed by atoms with Crippen LogP contribution in [0.2, 0.25) is 0 Å². The lowest BCUT2D eigenvalue weighted by atomic mass is 9.99. The van der Waals surface area contributed by atoms with Crippen LogP contribution in [-0.4, -0.2) is 330 Å². The molecule has 3 fully saturated rings. The van der Waals surface area contributed by atoms with Crippen molar-refractivity contribution < 1.29 is 116 Å². The molecular weight excluding hydrogens is 1770 g/mol. The van der Waals surface area contributed by atoms with E-state index in [2.05, 4.69) is 63.1 Å². The molecule has 5 aromatic rings. The number of carbonyl (C=O) groups excluding carboxylic acids is 16. The zero-order valence-electron chi connectivity index (χ0n) is 76.0. The number of hydrogen-bond acceptors (Lipinski definition) is 24. The summed E-state index contributed by atoms with van der Waals surface area (Å²) in [6.45, 7) is 2.81. The molecule has 16 amide bonds. The number of rotatable bonds is 28. The van der Waals surface area contributed by atoms with Gasteiger partial charge >= 0.3 is 17.9 Å². The zero-order chi connectivity index (χ0) is 98.3. The molecule has 22 N–H and O–H groups in total. The minimum absolute atomic E-state index is 0.0712. The van der Waals surface area contributed by atoms with Crippen LogP contribution in [0.15, 0.2) is 85.2 Å². The van der Waals surface area contributed by atoms with Crippen molar-refractivity contribution >= 4 is 146 Å². The minimum atomic E-state index is -2.08. The summed E-state index contributed by atoms with van der Waals surface area (Å²) in [5.74, 6) is -21.9. The van der Waals surface area contributed by atoms with Gasteiger partial charge in [-0.25, -0.2) is 0 Å². The molecule has 8 rings (SSSR count). The van der Waals surface area contributed by atoms with E-state index in [0.29, 0.717) is 75.3 Å². The summed E-state index contributed by atoms with van der Waals surface area (Å²) >= 11 is 0.703. The molecule has 3 aliphatic rings. The van der Waals surface area contributed by atoms with Crippen LogP contribution in [0.25, 0.3) is 21.8 Å². The first-order valence-corrected chi connectivity index (χ1v) is 45.7. The number of fused-ring (bicyclic) bond motifs is 4. The smallest absolute Gasteiger partial charge is 0.305 e. The first kappa shape index (κ1) is 106. The molecule has 0 radical (unpaired) electrons. The maximum atomic E-state index is 15.8. The number of hydrogen-bond donors (Lipinski definition) is 19. The van der Waals surface area contributed by atoms with Crippen molar-refractivity contribution in [3.8, 4) is 5.75 Å². The number of unbranched alkanes of at least 4 members (excludes halogenated alkanes) is 3. The Kier molecular flexibility index (Phi) is 40.4. The zero-order valence-corrected chi connectivity index (χ0v) is 76.8. The molecule has 0 bridgehead atoms. The number of likely N-dealkylation sites (N-methyl/N-ethyl adjacent to an activating group) is 3. The average Bonchev–Trinajstić information content (AvgIpc) is 1.39. The molecule has 3 saturated heterocycles. The molecule has 5 heterocycles. The number of nitrogens with one attached hydrogen (secondary N) is 12. The molecule has 45 heteroatoms. The molecule has 3 aromatic carbocycles. The molecule has 0 spiro atoms. The summed E-state index contributed by atoms with van der Waals surface area (Å²) in [5, 5.41) is 68.6. The number of carbonyl (C=O) groups is 19. The van der Waals surface area contributed by atoms with Crippen molar-refractivity contribution in [2.45, 2.75) is 233 Å². The fraction of sp³-hybridized carbons (Fsp3) is 0.539. The van der Waals surface area contributed by atoms with Gasteiger partial charge in [-0.1, -0.05) is 88.1 Å². The molecule has 134 heavy (non-hydrogen) atoms. The molecule has 3 aliphatic heterocycles. The number of aromatic nitrogens is 2. The van der Waals surface area contributed by atoms with E-state index in [1.807, 2.05) is 0 Å². The van der Waals surface area contributed by atoms with Crippen molar-refractivity contribution in [1.29, 1.82) is 0 Å². The summed E-state index contributed by atoms with van der Waals surface area (Å²) in [7, 11) is 5.13. The predicted octanol–water partition coefficient (Wildman–Crippen LogP) is -2.87. The lowest BCUT2D eigenvalue weighted by Gasteiger charge is -2.36. The van der Waals surface area contributed by atoms with E-state index in [-0.39, 0.29) is 77.3 Å². The van der Waals surface area contributed by atoms with E-state index in [0.717, 1.165) is 24.5 Å². The van der Waals surface area contributed by atoms with E-state index < -0.39 is 273 Å². The Morgan fingerprint density at radius 3 is 1.62 bits per heavy atom. The quantitative estimate of drug-likeness (QED) is 0.0224. The maximum Gasteiger partial charge on any atom is 0.305 e. The number of carboxylic acid groups (broad SMARTS) is 3. The van der Waals surface area contributed by atoms with Crippen LogP contribution in [0.5, 0.6) is 5.75 Å². The first-order valence-electron chi connectivity index (χ1n) is 44.6. The number of thioether (sulfide) groups is 1. The Labute approximate surface area is 777 Å². The minimum Gasteiger partial charge on any atom is -0.497 e. The summed E-state index contributed by atoms with van der Waals surface area (Å²) in [6.07, 6.45) is -1.87. The van der Waals surface area contributed by atoms with Crippen molar-refractivity contribution in [3.63, 3.8) is 0 Å². The number of methoxy groups -OCH3 is 1. The largest absolute Gasteiger partial charge is 0.497 e. The molecule has 0 aliphatic carbocycles. The van der Waals surface area contributed by atoms with Gasteiger partial charge in [0.2, 0.25) is 94.5 Å². The SMILES string of the molecule is CCCC[C@H]1C(=O)N(C)[C@@H](CCCC)C(=O)N[C@@H](CCC(=O)O)C(=O)N[C@H](C(=O)NCC(N)=O)CSCC(=O)N[C@@H](Cc2ccc(OC)cc2)C(=O)N(C)[C@@H](C)C(=O)N[C@H](CC(=O)O)C(=O)N2CCC[C@H]2C(=O)N[C@@H](CN)C(=O)N[C@@H](CCCCN)C(=O)N2C[C@H](O)C[C@H]2C(=O)N[C@@H](Cc2c[nH]c3ccccc23)C(=O)N[C@@H](CC(=O)O)C(=O)N[C@@H](Cc2c[nH]c3ccccc23)C(=O)N1C. The molecule has 2 aromatic heterocycles. The topological polar surface area (TPSA) is 661 Å². The van der Waals surface area contributed by atoms with Gasteiger partial charge in [-0.05, 0) is 106 Å². The molecule has 730 valence electrons. The van der Waals surface area contributed by atoms with Gasteiger partial charge in [0.25, 0.3) is 0 Å². The first-order chi connectivity index (χ1) is 63.8. The third-order valence-corrected chi connectivity index (χ3v) is 24.9. The van der Waals surface area contributed by atoms with Crippen LogP contribution in [0, 0.1) is 0 Å². The van der Waals surface area contributed by atoms with E-state index in [9.17, 15) is 78.0 Å². The van der Waals surface area contributed by atoms with E-state index >= 15 is 33.6 Å². The lowest BCUT2D eigenvalue weighted by Crippen LogP contribution is -2.61. The number of primary amides is 1. The standard InChI is InChI=1S/C89H124N20O24S/c1-8-10-24-67-82(125)97-58(31-32-73(113)114)78(121)104-66(77(120)95-44-71(92)111)46-134-47-72(112)96-62(35-49-27-29-53(133-7)30-28-49)85(128)105(4)48(3)76(119)101-64(40-75(117)118)88(131)108-34-18-26-68(108)83(126)103-65(41-91)81(124)98-59(23-16-17-33-90)87(130)109-45-52(110)38-70(109)84(127)100-60(36-50-42-93-56-21-14-12-19-54(50)56)79(122)99-61(39-74(115)116)80(123)102-63(37-51-43-94-57-22-15-13-20-55(51)57)86(129)107(6)69(25-11-9-2)89(132)106(67)5/h12-15,19-22,27-30,42-43,48,52,58-70,93-94,110H,8-11,16-18,23-26,31-41,44-47,90-91H2,1-7H3,(H2,92,111)(H,95,120)(H,96,112)(H,97,125)(H,98,124)(H,99,122)(H,100,127)(H,101,119)(H,102,123)(H,103,126)(H,104,121)(H,113,114)(H,115,116)(H,117,118)/t48-,52+,58-,59-,60-,61-,62-,63-,64+,65-,66-,67-,68-,69-,70-/m0/s1. The third-order valence-electron chi connectivity index (χ3n) is 23.9. The van der Waals surface area contributed by atoms with Crippen molar-refractivity contribution in [2.75, 3.05) is 72.5 Å². The number of benzene rings is 3. The summed E-state index contributed by atoms with van der Waals surface area (Å²) in [4.78, 5) is 285. The van der Waals surface area contributed by atoms with Crippen LogP contribution in [0.1, 0.15) is 140 Å². The van der Waals surface area contributed by atoms with Gasteiger partial charge in [-0.15, -0.1) is 11.8 Å². The highest BCUT2D eigenvalue weighted by Gasteiger charge is 2.47. The van der Waals surface area contributed by atoms with Gasteiger partial charge in [0, 0.05) is 113 Å². The van der Waals surface area contributed by atoms with Crippen LogP contribution < -0.4 is 75.1 Å². The second-order valence-electron chi connectivity index (χ2n) is 33.6. The number of aromatic amines is 2. The Morgan fingerprint density at radius 1 is 0.507 bits per heavy atom. The average molecular weight is 1890 g/mol. The van der Waals surface area contributed by atoms with Gasteiger partial charge < -0.3 is 130 Å². The molecule has 44 nitrogen and oxygen atoms in total. The summed E-state index contributed by atoms with van der Waals surface area (Å²) in [5.41, 5.74) is 19.9. The third kappa shape index (κ3) is 29.6. The number of nitrogens with zero attached hydrogens (tertiary/aromatic N) is 5. The molecule has 0 saturated carbocycles. The van der Waals surface area contributed by atoms with Crippen LogP contribution in [0.4, 0.5) is 0 Å². The van der Waals surface area contributed by atoms with Crippen LogP contribution >= 0.6 is 11.8 Å². The van der Waals surface area contributed by atoms with Crippen molar-refractivity contribution in [3.05, 3.63) is 102 Å². The van der Waals surface area contributed by atoms with Crippen LogP contribution in [0.3, 0.4) is 0 Å². The maximum absolute atomic E-state index is 15.8. The van der Waals surface area contributed by atoms with Gasteiger partial charge in [-0.3, -0.25) is 91.1 Å². The van der Waals surface area contributed by atoms with E-state index in [1.165, 1.54) is 41.4 Å². The molecule has 15 atom stereocenters. The van der Waals surface area contributed by atoms with Gasteiger partial charge in [0.1, 0.15) is 90.3 Å². The Hall–Kier alpha value is -13.3. The fourth-order valence-corrected chi connectivity index (χ4v) is 17.1. The highest BCUT2D eigenvalue weighted by molar-refractivity contribution is 8.00. The Morgan fingerprint density at radius 2 is 1.02 bits per heavy atom. The number of amides is 16. The normalized spacial score (nSPS) is 24.8. The number of aliphatic hydroxyl groups is 1. The molecular formula is C89H124N20O24S. The number of aliphatic hydroxyl groups excluding tert-OH is 1. The van der Waals surface area contributed by atoms with Crippen molar-refractivity contribution in [1.82, 2.24) is 87.6 Å². The summed E-state index contributed by atoms with van der Waals surface area (Å²) < 4.78 is 5.31. The van der Waals surface area contributed by atoms with Crippen LogP contribution in [-0.2, 0) is 110 Å². The number of carboxylic acids is 3. The van der Waals surface area contributed by atoms with Gasteiger partial charge in [0.15, 0.2) is 0 Å². The second-order valence-corrected chi connectivity index (χ2v) is 34.6. The van der Waals surface area contributed by atoms with Gasteiger partial charge in [0.05, 0.1) is 38.4 Å². The second kappa shape index (κ2) is 51.1. The number of ether oxygens (including phenoxy) is 1. The highest BCUT2D eigenvalue weighted by Crippen LogP contribution is 2.28. The Balaban J connectivity index is 1.20. The monoisotopic (exact) mass is 1890 g/mol. The van der Waals surface area contributed by atoms with E-state index in [1.54, 1.807) is 92.8 Å². The lowest BCUT2D eigenvalue weighted by molar-refractivity contribution is -0.149. The summed E-state index contributed by atoms with van der Waals surface area (Å²) in [6, 6.07) is -3.35. The van der Waals surface area contributed by atoms with Crippen molar-refractivity contribution in [2.24, 2.45) is 17.2 Å². The number of para-hydroxylation sites is 2. The fourth-order valence-electron chi connectivity index (χ4n) is 16.3. The number of nitrogens with two attached hydrogens (primary N) is 3.